The van der Waals surface area contributed by atoms with Gasteiger partial charge in [0.25, 0.3) is 5.91 Å². The zero-order valence-electron chi connectivity index (χ0n) is 16.5. The fourth-order valence-electron chi connectivity index (χ4n) is 3.51. The number of nitrogens with zero attached hydrogens (tertiary/aromatic N) is 3. The molecule has 0 radical (unpaired) electrons. The molecule has 156 valence electrons. The number of benzene rings is 1. The van der Waals surface area contributed by atoms with Crippen LogP contribution in [-0.4, -0.2) is 49.1 Å². The molecule has 1 aliphatic heterocycles. The summed E-state index contributed by atoms with van der Waals surface area (Å²) in [5.41, 5.74) is 3.53. The summed E-state index contributed by atoms with van der Waals surface area (Å²) in [5, 5.41) is -0.423. The van der Waals surface area contributed by atoms with Crippen LogP contribution in [0.2, 0.25) is 0 Å². The van der Waals surface area contributed by atoms with Crippen molar-refractivity contribution < 1.29 is 13.2 Å². The van der Waals surface area contributed by atoms with Gasteiger partial charge in [0.05, 0.1) is 28.7 Å². The molecule has 3 rings (SSSR count). The average molecular weight is 418 g/mol. The molecule has 1 saturated heterocycles. The van der Waals surface area contributed by atoms with E-state index in [1.165, 1.54) is 10.5 Å². The maximum Gasteiger partial charge on any atom is 0.266 e. The number of amides is 1. The van der Waals surface area contributed by atoms with Crippen LogP contribution in [0.5, 0.6) is 0 Å². The Hall–Kier alpha value is -2.49. The van der Waals surface area contributed by atoms with Crippen molar-refractivity contribution in [1.82, 2.24) is 15.3 Å². The van der Waals surface area contributed by atoms with Gasteiger partial charge in [-0.3, -0.25) is 19.5 Å². The zero-order valence-corrected chi connectivity index (χ0v) is 17.3. The summed E-state index contributed by atoms with van der Waals surface area (Å²) in [6, 6.07) is 12.3. The molecule has 0 unspecified atom stereocenters. The first-order chi connectivity index (χ1) is 14.0. The van der Waals surface area contributed by atoms with Crippen LogP contribution >= 0.6 is 0 Å². The number of carbonyl (C=O) groups excluding carboxylic acids is 1. The number of pyridine rings is 1. The van der Waals surface area contributed by atoms with Crippen LogP contribution in [0.1, 0.15) is 35.8 Å². The summed E-state index contributed by atoms with van der Waals surface area (Å²) in [4.78, 5) is 18.1. The minimum absolute atomic E-state index is 0.102. The minimum atomic E-state index is -3.57. The Bertz CT molecular complexity index is 911. The molecule has 1 aromatic carbocycles. The third kappa shape index (κ3) is 4.92. The van der Waals surface area contributed by atoms with Crippen molar-refractivity contribution >= 4 is 21.6 Å². The van der Waals surface area contributed by atoms with E-state index in [-0.39, 0.29) is 6.54 Å². The highest BCUT2D eigenvalue weighted by molar-refractivity contribution is 7.93. The number of anilines is 1. The number of para-hydroxylation sites is 1. The first-order valence-corrected chi connectivity index (χ1v) is 11.2. The van der Waals surface area contributed by atoms with Crippen molar-refractivity contribution in [2.75, 3.05) is 23.9 Å². The van der Waals surface area contributed by atoms with E-state index in [0.717, 1.165) is 19.6 Å². The Morgan fingerprint density at radius 1 is 1.21 bits per heavy atom. The molecule has 1 aromatic heterocycles. The van der Waals surface area contributed by atoms with Crippen molar-refractivity contribution in [3.63, 3.8) is 0 Å². The molecule has 8 nitrogen and oxygen atoms in total. The van der Waals surface area contributed by atoms with E-state index in [2.05, 4.69) is 22.2 Å². The molecule has 1 amide bonds. The Morgan fingerprint density at radius 3 is 2.45 bits per heavy atom. The third-order valence-electron chi connectivity index (χ3n) is 5.28. The van der Waals surface area contributed by atoms with E-state index in [0.29, 0.717) is 29.8 Å². The summed E-state index contributed by atoms with van der Waals surface area (Å²) >= 11 is 0. The van der Waals surface area contributed by atoms with E-state index in [4.69, 9.17) is 5.84 Å². The Labute approximate surface area is 171 Å². The minimum Gasteiger partial charge on any atom is -0.304 e. The van der Waals surface area contributed by atoms with Crippen LogP contribution in [-0.2, 0) is 16.6 Å². The van der Waals surface area contributed by atoms with Gasteiger partial charge < -0.3 is 4.90 Å². The normalized spacial score (nSPS) is 15.8. The lowest BCUT2D eigenvalue weighted by Gasteiger charge is -2.34. The zero-order chi connectivity index (χ0) is 20.9. The van der Waals surface area contributed by atoms with Crippen LogP contribution in [0.3, 0.4) is 0 Å². The predicted molar refractivity (Wildman–Crippen MR) is 113 cm³/mol. The fourth-order valence-corrected chi connectivity index (χ4v) is 5.40. The highest BCUT2D eigenvalue weighted by Crippen LogP contribution is 2.27. The second kappa shape index (κ2) is 9.34. The van der Waals surface area contributed by atoms with Gasteiger partial charge >= 0.3 is 0 Å². The predicted octanol–water partition coefficient (Wildman–Crippen LogP) is 1.51. The summed E-state index contributed by atoms with van der Waals surface area (Å²) < 4.78 is 28.4. The number of sulfonamides is 1. The third-order valence-corrected chi connectivity index (χ3v) is 7.55. The highest BCUT2D eigenvalue weighted by Gasteiger charge is 2.35. The van der Waals surface area contributed by atoms with Crippen molar-refractivity contribution in [3.05, 3.63) is 59.9 Å². The summed E-state index contributed by atoms with van der Waals surface area (Å²) in [6.07, 6.45) is 2.62. The number of hydrogen-bond acceptors (Lipinski definition) is 6. The fraction of sp³-hybridized carbons (Fsp3) is 0.400. The van der Waals surface area contributed by atoms with Crippen molar-refractivity contribution in [2.24, 2.45) is 5.84 Å². The van der Waals surface area contributed by atoms with Crippen LogP contribution in [0, 0.1) is 0 Å². The van der Waals surface area contributed by atoms with Crippen molar-refractivity contribution in [1.29, 1.82) is 0 Å². The van der Waals surface area contributed by atoms with Gasteiger partial charge in [-0.1, -0.05) is 25.1 Å². The molecular formula is C20H27N5O3S. The molecule has 0 spiro atoms. The topological polar surface area (TPSA) is 109 Å². The van der Waals surface area contributed by atoms with Crippen LogP contribution in [0.4, 0.5) is 5.69 Å². The van der Waals surface area contributed by atoms with E-state index < -0.39 is 21.2 Å². The van der Waals surface area contributed by atoms with E-state index in [1.54, 1.807) is 24.3 Å². The molecule has 1 aliphatic rings. The summed E-state index contributed by atoms with van der Waals surface area (Å²) in [7, 11) is -3.57. The van der Waals surface area contributed by atoms with E-state index >= 15 is 0 Å². The number of nitrogens with two attached hydrogens (primary N) is 1. The number of nitrogens with one attached hydrogen (secondary N) is 1. The van der Waals surface area contributed by atoms with Crippen LogP contribution in [0.15, 0.2) is 48.7 Å². The Balaban J connectivity index is 1.86. The number of hydrazine groups is 1. The lowest BCUT2D eigenvalue weighted by atomic mass is 10.1. The Morgan fingerprint density at radius 2 is 1.90 bits per heavy atom. The van der Waals surface area contributed by atoms with Crippen molar-refractivity contribution in [2.45, 2.75) is 31.6 Å². The molecule has 2 heterocycles. The average Bonchev–Trinajstić information content (AvgIpc) is 2.77. The molecule has 29 heavy (non-hydrogen) atoms. The molecule has 3 N–H and O–H groups in total. The molecule has 2 aromatic rings. The number of piperidine rings is 1. The maximum atomic E-state index is 13.5. The second-order valence-electron chi connectivity index (χ2n) is 7.03. The molecule has 0 bridgehead atoms. The van der Waals surface area contributed by atoms with Gasteiger partial charge in [0.15, 0.2) is 0 Å². The number of nitrogen functional groups attached to an aromatic ring is 1. The summed E-state index contributed by atoms with van der Waals surface area (Å²) in [5.74, 6) is 4.69. The molecule has 0 aliphatic carbocycles. The van der Waals surface area contributed by atoms with Gasteiger partial charge in [-0.15, -0.1) is 0 Å². The molecule has 0 saturated carbocycles. The van der Waals surface area contributed by atoms with E-state index in [9.17, 15) is 13.2 Å². The smallest absolute Gasteiger partial charge is 0.266 e. The lowest BCUT2D eigenvalue weighted by molar-refractivity contribution is 0.0953. The first-order valence-electron chi connectivity index (χ1n) is 9.70. The lowest BCUT2D eigenvalue weighted by Crippen LogP contribution is -2.45. The van der Waals surface area contributed by atoms with Gasteiger partial charge in [0.2, 0.25) is 10.0 Å². The molecular weight excluding hydrogens is 390 g/mol. The van der Waals surface area contributed by atoms with Crippen molar-refractivity contribution in [3.8, 4) is 0 Å². The van der Waals surface area contributed by atoms with Crippen LogP contribution < -0.4 is 15.6 Å². The number of carbonyl (C=O) groups is 1. The second-order valence-corrected chi connectivity index (χ2v) is 9.17. The van der Waals surface area contributed by atoms with Crippen LogP contribution in [0.25, 0.3) is 0 Å². The van der Waals surface area contributed by atoms with E-state index in [1.807, 2.05) is 18.2 Å². The van der Waals surface area contributed by atoms with Gasteiger partial charge in [0.1, 0.15) is 0 Å². The maximum absolute atomic E-state index is 13.5. The number of rotatable bonds is 7. The SMILES string of the molecule is CCN1CCC(S(=O)(=O)N(Cc2ccc(C(=O)NN)cn2)c2ccccc2)CC1. The highest BCUT2D eigenvalue weighted by atomic mass is 32.2. The summed E-state index contributed by atoms with van der Waals surface area (Å²) in [6.45, 7) is 4.69. The standard InChI is InChI=1S/C20H27N5O3S/c1-2-24-12-10-19(11-13-24)29(27,28)25(18-6-4-3-5-7-18)15-17-9-8-16(14-22-17)20(26)23-21/h3-9,14,19H,2,10-13,15,21H2,1H3,(H,23,26). The largest absolute Gasteiger partial charge is 0.304 e. The molecule has 9 heteroatoms. The first kappa shape index (κ1) is 21.2. The van der Waals surface area contributed by atoms with Gasteiger partial charge in [0, 0.05) is 6.20 Å². The van der Waals surface area contributed by atoms with Gasteiger partial charge in [-0.05, 0) is 56.7 Å². The Kier molecular flexibility index (Phi) is 6.83. The number of likely N-dealkylation sites (tertiary alicyclic amines) is 1. The number of aromatic nitrogens is 1. The molecule has 1 fully saturated rings. The monoisotopic (exact) mass is 417 g/mol. The quantitative estimate of drug-likeness (QED) is 0.402. The number of hydrogen-bond donors (Lipinski definition) is 2. The van der Waals surface area contributed by atoms with Gasteiger partial charge in [-0.2, -0.15) is 0 Å². The molecule has 0 atom stereocenters. The van der Waals surface area contributed by atoms with Gasteiger partial charge in [-0.25, -0.2) is 14.3 Å².